The minimum absolute atomic E-state index is 0.160. The van der Waals surface area contributed by atoms with E-state index >= 15 is 0 Å². The molecule has 33 heavy (non-hydrogen) atoms. The largest absolute Gasteiger partial charge is 0.494 e. The number of hydrogen-bond acceptors (Lipinski definition) is 9. The van der Waals surface area contributed by atoms with Crippen LogP contribution in [0.25, 0.3) is 22.4 Å². The molecule has 0 atom stereocenters. The third-order valence-corrected chi connectivity index (χ3v) is 5.05. The Morgan fingerprint density at radius 1 is 1.06 bits per heavy atom. The van der Waals surface area contributed by atoms with E-state index in [9.17, 15) is 9.59 Å². The molecule has 166 valence electrons. The molecule has 0 aliphatic heterocycles. The van der Waals surface area contributed by atoms with Gasteiger partial charge in [0.2, 0.25) is 5.89 Å². The van der Waals surface area contributed by atoms with Crippen molar-refractivity contribution < 1.29 is 23.1 Å². The van der Waals surface area contributed by atoms with Crippen LogP contribution in [0, 0.1) is 11.8 Å². The number of rotatable bonds is 7. The lowest BCUT2D eigenvalue weighted by Crippen LogP contribution is -2.16. The van der Waals surface area contributed by atoms with Gasteiger partial charge in [0.05, 0.1) is 12.4 Å². The van der Waals surface area contributed by atoms with Gasteiger partial charge in [0.15, 0.2) is 6.61 Å². The van der Waals surface area contributed by atoms with Gasteiger partial charge < -0.3 is 18.3 Å². The molecular weight excluding hydrogens is 444 g/mol. The number of esters is 1. The highest BCUT2D eigenvalue weighted by atomic mass is 32.2. The second kappa shape index (κ2) is 10.5. The average molecular weight is 462 g/mol. The van der Waals surface area contributed by atoms with Crippen LogP contribution in [-0.2, 0) is 4.74 Å². The number of aromatic nitrogens is 2. The summed E-state index contributed by atoms with van der Waals surface area (Å²) in [5, 5.41) is 9.03. The summed E-state index contributed by atoms with van der Waals surface area (Å²) < 4.78 is 21.2. The molecule has 4 rings (SSSR count). The third-order valence-electron chi connectivity index (χ3n) is 4.35. The quantitative estimate of drug-likeness (QED) is 0.173. The number of hydrogen-bond donors (Lipinski definition) is 0. The summed E-state index contributed by atoms with van der Waals surface area (Å²) in [4.78, 5) is 24.1. The summed E-state index contributed by atoms with van der Waals surface area (Å²) in [6, 6.07) is 15.7. The Bertz CT molecular complexity index is 1380. The van der Waals surface area contributed by atoms with Gasteiger partial charge in [-0.2, -0.15) is 0 Å². The molecule has 2 aromatic carbocycles. The fraction of sp³-hybridized carbons (Fsp3) is 0.167. The maximum Gasteiger partial charge on any atom is 0.351 e. The number of carbonyl (C=O) groups excluding carboxylic acids is 1. The molecule has 0 aliphatic carbocycles. The summed E-state index contributed by atoms with van der Waals surface area (Å²) in [6.07, 6.45) is 0. The molecule has 0 radical (unpaired) electrons. The van der Waals surface area contributed by atoms with Crippen LogP contribution >= 0.6 is 11.8 Å². The van der Waals surface area contributed by atoms with Crippen molar-refractivity contribution in [1.82, 2.24) is 10.2 Å². The van der Waals surface area contributed by atoms with E-state index in [1.54, 1.807) is 24.3 Å². The van der Waals surface area contributed by atoms with Crippen molar-refractivity contribution in [3.8, 4) is 29.0 Å². The fourth-order valence-electron chi connectivity index (χ4n) is 2.83. The number of benzene rings is 2. The van der Waals surface area contributed by atoms with Crippen molar-refractivity contribution in [2.24, 2.45) is 0 Å². The van der Waals surface area contributed by atoms with Gasteiger partial charge in [-0.15, -0.1) is 10.2 Å². The number of fused-ring (bicyclic) bond motifs is 1. The Hall–Kier alpha value is -4.03. The van der Waals surface area contributed by atoms with Gasteiger partial charge in [-0.1, -0.05) is 41.8 Å². The van der Waals surface area contributed by atoms with Gasteiger partial charge >= 0.3 is 11.6 Å². The predicted molar refractivity (Wildman–Crippen MR) is 122 cm³/mol. The molecule has 0 N–H and O–H groups in total. The van der Waals surface area contributed by atoms with Gasteiger partial charge in [0.1, 0.15) is 16.9 Å². The number of carbonyl (C=O) groups is 1. The van der Waals surface area contributed by atoms with Crippen LogP contribution in [0.5, 0.6) is 5.75 Å². The first-order valence-corrected chi connectivity index (χ1v) is 11.0. The van der Waals surface area contributed by atoms with E-state index in [-0.39, 0.29) is 12.2 Å². The van der Waals surface area contributed by atoms with Crippen molar-refractivity contribution in [2.45, 2.75) is 12.1 Å². The standard InChI is InChI=1S/C24H18N2O6S/c1-2-29-18-11-9-16(10-12-18)21-25-26-24(32-21)33-14-6-5-13-30-22(27)19-15-17-7-3-4-8-20(17)31-23(19)28/h3-4,7-12,15H,2,13-14H2,1H3. The first kappa shape index (κ1) is 22.2. The maximum absolute atomic E-state index is 12.2. The van der Waals surface area contributed by atoms with E-state index in [1.165, 1.54) is 17.8 Å². The summed E-state index contributed by atoms with van der Waals surface area (Å²) in [7, 11) is 0. The highest BCUT2D eigenvalue weighted by molar-refractivity contribution is 7.99. The maximum atomic E-state index is 12.2. The smallest absolute Gasteiger partial charge is 0.351 e. The average Bonchev–Trinajstić information content (AvgIpc) is 3.30. The van der Waals surface area contributed by atoms with Gasteiger partial charge in [-0.25, -0.2) is 9.59 Å². The molecule has 0 bridgehead atoms. The highest BCUT2D eigenvalue weighted by Gasteiger charge is 2.14. The van der Waals surface area contributed by atoms with E-state index in [2.05, 4.69) is 22.0 Å². The van der Waals surface area contributed by atoms with E-state index in [4.69, 9.17) is 18.3 Å². The zero-order valence-corrected chi connectivity index (χ0v) is 18.4. The summed E-state index contributed by atoms with van der Waals surface area (Å²) in [5.41, 5.74) is 0.274. The van der Waals surface area contributed by atoms with Crippen LogP contribution in [0.3, 0.4) is 0 Å². The van der Waals surface area contributed by atoms with Crippen LogP contribution in [0.2, 0.25) is 0 Å². The molecule has 4 aromatic rings. The molecule has 0 saturated heterocycles. The number of ether oxygens (including phenoxy) is 2. The van der Waals surface area contributed by atoms with Crippen molar-refractivity contribution in [1.29, 1.82) is 0 Å². The lowest BCUT2D eigenvalue weighted by molar-refractivity contribution is 0.0552. The van der Waals surface area contributed by atoms with Crippen LogP contribution in [0.4, 0.5) is 0 Å². The molecule has 2 heterocycles. The molecular formula is C24H18N2O6S. The molecule has 0 saturated carbocycles. The highest BCUT2D eigenvalue weighted by Crippen LogP contribution is 2.24. The summed E-state index contributed by atoms with van der Waals surface area (Å²) in [6.45, 7) is 2.36. The van der Waals surface area contributed by atoms with Gasteiger partial charge in [0.25, 0.3) is 5.22 Å². The van der Waals surface area contributed by atoms with E-state index < -0.39 is 11.6 Å². The molecule has 8 nitrogen and oxygen atoms in total. The zero-order valence-electron chi connectivity index (χ0n) is 17.6. The topological polar surface area (TPSA) is 105 Å². The van der Waals surface area contributed by atoms with Crippen LogP contribution in [0.15, 0.2) is 73.4 Å². The summed E-state index contributed by atoms with van der Waals surface area (Å²) >= 11 is 1.26. The van der Waals surface area contributed by atoms with E-state index in [1.807, 2.05) is 31.2 Å². The minimum Gasteiger partial charge on any atom is -0.494 e. The Labute approximate surface area is 192 Å². The van der Waals surface area contributed by atoms with Crippen LogP contribution < -0.4 is 10.4 Å². The van der Waals surface area contributed by atoms with Crippen LogP contribution in [-0.4, -0.2) is 35.1 Å². The van der Waals surface area contributed by atoms with Crippen molar-refractivity contribution in [3.63, 3.8) is 0 Å². The minimum atomic E-state index is -0.784. The van der Waals surface area contributed by atoms with Gasteiger partial charge in [0, 0.05) is 10.9 Å². The molecule has 0 amide bonds. The first-order chi connectivity index (χ1) is 16.1. The van der Waals surface area contributed by atoms with Crippen molar-refractivity contribution in [2.75, 3.05) is 19.0 Å². The van der Waals surface area contributed by atoms with E-state index in [0.29, 0.717) is 34.4 Å². The Morgan fingerprint density at radius 3 is 2.70 bits per heavy atom. The lowest BCUT2D eigenvalue weighted by Gasteiger charge is -2.02. The molecule has 0 spiro atoms. The van der Waals surface area contributed by atoms with Crippen molar-refractivity contribution in [3.05, 3.63) is 70.6 Å². The van der Waals surface area contributed by atoms with Gasteiger partial charge in [-0.05, 0) is 43.3 Å². The Kier molecular flexibility index (Phi) is 7.07. The van der Waals surface area contributed by atoms with Gasteiger partial charge in [-0.3, -0.25) is 0 Å². The fourth-order valence-corrected chi connectivity index (χ4v) is 3.36. The molecule has 0 unspecified atom stereocenters. The molecule has 0 aliphatic rings. The SMILES string of the molecule is CCOc1ccc(-c2nnc(SCC#CCOC(=O)c3cc4ccccc4oc3=O)o2)cc1. The second-order valence-corrected chi connectivity index (χ2v) is 7.46. The molecule has 9 heteroatoms. The number of thioether (sulfide) groups is 1. The molecule has 0 fully saturated rings. The second-order valence-electron chi connectivity index (χ2n) is 6.53. The number of para-hydroxylation sites is 1. The summed E-state index contributed by atoms with van der Waals surface area (Å²) in [5.74, 6) is 6.31. The van der Waals surface area contributed by atoms with E-state index in [0.717, 1.165) is 11.3 Å². The monoisotopic (exact) mass is 462 g/mol. The predicted octanol–water partition coefficient (Wildman–Crippen LogP) is 4.19. The lowest BCUT2D eigenvalue weighted by atomic mass is 10.2. The van der Waals surface area contributed by atoms with Crippen molar-refractivity contribution >= 4 is 28.7 Å². The third kappa shape index (κ3) is 5.61. The normalized spacial score (nSPS) is 10.5. The zero-order chi connectivity index (χ0) is 23.0. The Morgan fingerprint density at radius 2 is 1.88 bits per heavy atom. The first-order valence-electron chi connectivity index (χ1n) is 9.99. The number of nitrogens with zero attached hydrogens (tertiary/aromatic N) is 2. The molecule has 2 aromatic heterocycles. The Balaban J connectivity index is 1.27. The van der Waals surface area contributed by atoms with Crippen LogP contribution in [0.1, 0.15) is 17.3 Å².